The van der Waals surface area contributed by atoms with Gasteiger partial charge in [0.25, 0.3) is 0 Å². The van der Waals surface area contributed by atoms with Crippen LogP contribution in [0, 0.1) is 0 Å². The van der Waals surface area contributed by atoms with E-state index in [0.717, 1.165) is 0 Å². The zero-order valence-corrected chi connectivity index (χ0v) is 8.94. The van der Waals surface area contributed by atoms with Gasteiger partial charge in [-0.2, -0.15) is 0 Å². The number of hydrogen-bond donors (Lipinski definition) is 1. The lowest BCUT2D eigenvalue weighted by molar-refractivity contribution is -0.0920. The van der Waals surface area contributed by atoms with Crippen LogP contribution in [0.25, 0.3) is 0 Å². The summed E-state index contributed by atoms with van der Waals surface area (Å²) in [6, 6.07) is 0. The highest BCUT2D eigenvalue weighted by Gasteiger charge is 2.07. The van der Waals surface area contributed by atoms with E-state index in [1.54, 1.807) is 20.1 Å². The minimum absolute atomic E-state index is 0.155. The van der Waals surface area contributed by atoms with Crippen molar-refractivity contribution in [1.29, 1.82) is 0 Å². The summed E-state index contributed by atoms with van der Waals surface area (Å²) < 4.78 is 15.2. The fourth-order valence-corrected chi connectivity index (χ4v) is 0.905. The van der Waals surface area contributed by atoms with E-state index in [1.165, 1.54) is 0 Å². The normalized spacial score (nSPS) is 15.1. The zero-order valence-electron chi connectivity index (χ0n) is 8.94. The van der Waals surface area contributed by atoms with Crippen LogP contribution in [0.4, 0.5) is 0 Å². The van der Waals surface area contributed by atoms with Gasteiger partial charge in [0.2, 0.25) is 0 Å². The van der Waals surface area contributed by atoms with Crippen molar-refractivity contribution in [1.82, 2.24) is 0 Å². The number of methoxy groups -OCH3 is 1. The molecule has 0 aromatic carbocycles. The summed E-state index contributed by atoms with van der Waals surface area (Å²) in [5.74, 6) is 0. The van der Waals surface area contributed by atoms with Crippen molar-refractivity contribution >= 4 is 0 Å². The second-order valence-electron chi connectivity index (χ2n) is 3.04. The third kappa shape index (κ3) is 8.19. The Balaban J connectivity index is 3.38. The molecule has 4 heteroatoms. The van der Waals surface area contributed by atoms with Gasteiger partial charge in [0.05, 0.1) is 25.4 Å². The molecule has 0 rings (SSSR count). The lowest BCUT2D eigenvalue weighted by Gasteiger charge is -2.15. The van der Waals surface area contributed by atoms with Gasteiger partial charge in [-0.15, -0.1) is 6.58 Å². The Morgan fingerprint density at radius 1 is 1.43 bits per heavy atom. The SMILES string of the molecule is C=C[C@H](C[C@@H](C)O)OCOCCOC. The molecule has 2 atom stereocenters. The summed E-state index contributed by atoms with van der Waals surface area (Å²) in [6.45, 7) is 6.59. The van der Waals surface area contributed by atoms with Crippen LogP contribution in [0.2, 0.25) is 0 Å². The molecule has 0 aliphatic rings. The second-order valence-corrected chi connectivity index (χ2v) is 3.04. The summed E-state index contributed by atoms with van der Waals surface area (Å²) >= 11 is 0. The molecule has 0 unspecified atom stereocenters. The Labute approximate surface area is 85.5 Å². The lowest BCUT2D eigenvalue weighted by Crippen LogP contribution is -2.18. The molecule has 1 N–H and O–H groups in total. The number of aliphatic hydroxyl groups excluding tert-OH is 1. The van der Waals surface area contributed by atoms with E-state index < -0.39 is 6.10 Å². The third-order valence-corrected chi connectivity index (χ3v) is 1.63. The first-order valence-corrected chi connectivity index (χ1v) is 4.69. The summed E-state index contributed by atoms with van der Waals surface area (Å²) in [6.07, 6.45) is 1.65. The molecule has 0 heterocycles. The Morgan fingerprint density at radius 2 is 2.14 bits per heavy atom. The maximum atomic E-state index is 9.11. The van der Waals surface area contributed by atoms with Gasteiger partial charge in [-0.05, 0) is 6.92 Å². The van der Waals surface area contributed by atoms with Gasteiger partial charge in [-0.1, -0.05) is 6.08 Å². The zero-order chi connectivity index (χ0) is 10.8. The van der Waals surface area contributed by atoms with Crippen LogP contribution in [0.1, 0.15) is 13.3 Å². The molecule has 84 valence electrons. The van der Waals surface area contributed by atoms with Crippen LogP contribution >= 0.6 is 0 Å². The molecule has 0 aromatic heterocycles. The van der Waals surface area contributed by atoms with Crippen molar-refractivity contribution in [3.8, 4) is 0 Å². The quantitative estimate of drug-likeness (QED) is 0.345. The van der Waals surface area contributed by atoms with Gasteiger partial charge in [0, 0.05) is 13.5 Å². The van der Waals surface area contributed by atoms with Crippen LogP contribution in [0.5, 0.6) is 0 Å². The van der Waals surface area contributed by atoms with Crippen LogP contribution in [0.3, 0.4) is 0 Å². The highest BCUT2D eigenvalue weighted by atomic mass is 16.7. The Morgan fingerprint density at radius 3 is 2.64 bits per heavy atom. The predicted octanol–water partition coefficient (Wildman–Crippen LogP) is 0.949. The topological polar surface area (TPSA) is 47.9 Å². The first kappa shape index (κ1) is 13.6. The summed E-state index contributed by atoms with van der Waals surface area (Å²) in [7, 11) is 1.62. The Bertz CT molecular complexity index is 136. The molecule has 4 nitrogen and oxygen atoms in total. The van der Waals surface area contributed by atoms with Crippen LogP contribution in [-0.2, 0) is 14.2 Å². The Hall–Kier alpha value is -0.420. The summed E-state index contributed by atoms with van der Waals surface area (Å²) in [4.78, 5) is 0. The maximum absolute atomic E-state index is 9.11. The van der Waals surface area contributed by atoms with Crippen molar-refractivity contribution in [2.24, 2.45) is 0 Å². The molecule has 0 spiro atoms. The molecule has 0 saturated heterocycles. The van der Waals surface area contributed by atoms with E-state index >= 15 is 0 Å². The number of hydrogen-bond acceptors (Lipinski definition) is 4. The van der Waals surface area contributed by atoms with Crippen molar-refractivity contribution < 1.29 is 19.3 Å². The first-order valence-electron chi connectivity index (χ1n) is 4.69. The molecule has 0 aliphatic heterocycles. The predicted molar refractivity (Wildman–Crippen MR) is 54.1 cm³/mol. The number of ether oxygens (including phenoxy) is 3. The molecule has 0 radical (unpaired) electrons. The molecule has 14 heavy (non-hydrogen) atoms. The highest BCUT2D eigenvalue weighted by molar-refractivity contribution is 4.80. The molecule has 0 fully saturated rings. The summed E-state index contributed by atoms with van der Waals surface area (Å²) in [5.41, 5.74) is 0. The van der Waals surface area contributed by atoms with Crippen molar-refractivity contribution in [3.63, 3.8) is 0 Å². The minimum Gasteiger partial charge on any atom is -0.393 e. The lowest BCUT2D eigenvalue weighted by atomic mass is 10.2. The van der Waals surface area contributed by atoms with Gasteiger partial charge >= 0.3 is 0 Å². The molecule has 0 bridgehead atoms. The van der Waals surface area contributed by atoms with E-state index in [1.807, 2.05) is 0 Å². The fourth-order valence-electron chi connectivity index (χ4n) is 0.905. The monoisotopic (exact) mass is 204 g/mol. The molecular formula is C10H20O4. The first-order chi connectivity index (χ1) is 6.70. The standard InChI is InChI=1S/C10H20O4/c1-4-10(7-9(2)11)14-8-13-6-5-12-3/h4,9-11H,1,5-8H2,2-3H3/t9-,10-/m1/s1. The molecule has 0 aromatic rings. The fraction of sp³-hybridized carbons (Fsp3) is 0.800. The highest BCUT2D eigenvalue weighted by Crippen LogP contribution is 2.03. The minimum atomic E-state index is -0.392. The van der Waals surface area contributed by atoms with E-state index in [0.29, 0.717) is 19.6 Å². The molecule has 0 saturated carbocycles. The summed E-state index contributed by atoms with van der Waals surface area (Å²) in [5, 5.41) is 9.11. The Kier molecular flexibility index (Phi) is 8.87. The molecular weight excluding hydrogens is 184 g/mol. The number of rotatable bonds is 9. The van der Waals surface area contributed by atoms with Gasteiger partial charge in [-0.3, -0.25) is 0 Å². The van der Waals surface area contributed by atoms with E-state index in [2.05, 4.69) is 6.58 Å². The molecule has 0 amide bonds. The van der Waals surface area contributed by atoms with Crippen LogP contribution in [-0.4, -0.2) is 44.4 Å². The number of aliphatic hydroxyl groups is 1. The average molecular weight is 204 g/mol. The van der Waals surface area contributed by atoms with Gasteiger partial charge in [0.1, 0.15) is 6.79 Å². The van der Waals surface area contributed by atoms with E-state index in [4.69, 9.17) is 19.3 Å². The molecule has 0 aliphatic carbocycles. The average Bonchev–Trinajstić information content (AvgIpc) is 2.15. The van der Waals surface area contributed by atoms with Crippen LogP contribution in [0.15, 0.2) is 12.7 Å². The van der Waals surface area contributed by atoms with Crippen molar-refractivity contribution in [2.75, 3.05) is 27.1 Å². The second kappa shape index (κ2) is 9.15. The van der Waals surface area contributed by atoms with Gasteiger partial charge in [0.15, 0.2) is 0 Å². The van der Waals surface area contributed by atoms with E-state index in [-0.39, 0.29) is 12.9 Å². The largest absolute Gasteiger partial charge is 0.393 e. The van der Waals surface area contributed by atoms with E-state index in [9.17, 15) is 0 Å². The third-order valence-electron chi connectivity index (χ3n) is 1.63. The maximum Gasteiger partial charge on any atom is 0.147 e. The van der Waals surface area contributed by atoms with Crippen molar-refractivity contribution in [2.45, 2.75) is 25.6 Å². The van der Waals surface area contributed by atoms with Gasteiger partial charge < -0.3 is 19.3 Å². The smallest absolute Gasteiger partial charge is 0.147 e. The van der Waals surface area contributed by atoms with Crippen molar-refractivity contribution in [3.05, 3.63) is 12.7 Å². The van der Waals surface area contributed by atoms with Gasteiger partial charge in [-0.25, -0.2) is 0 Å². The van der Waals surface area contributed by atoms with Crippen LogP contribution < -0.4 is 0 Å².